The number of carbonyl (C=O) groups is 5. The molecule has 2 saturated carbocycles. The molecule has 0 spiro atoms. The van der Waals surface area contributed by atoms with Crippen LogP contribution in [0.5, 0.6) is 0 Å². The summed E-state index contributed by atoms with van der Waals surface area (Å²) in [5, 5.41) is 4.81. The Kier molecular flexibility index (Phi) is 9.80. The van der Waals surface area contributed by atoms with Gasteiger partial charge in [-0.1, -0.05) is 57.2 Å². The molecule has 5 aliphatic rings. The highest BCUT2D eigenvalue weighted by Crippen LogP contribution is 2.45. The molecule has 16 heteroatoms. The number of carbonyl (C=O) groups excluding carboxylic acids is 5. The number of amides is 5. The fourth-order valence-corrected chi connectivity index (χ4v) is 8.29. The van der Waals surface area contributed by atoms with Crippen molar-refractivity contribution in [2.45, 2.75) is 94.6 Å². The van der Waals surface area contributed by atoms with Gasteiger partial charge >= 0.3 is 6.09 Å². The fraction of sp³-hybridized carbons (Fsp3) is 0.571. The lowest BCUT2D eigenvalue weighted by Crippen LogP contribution is -2.61. The van der Waals surface area contributed by atoms with Crippen LogP contribution >= 0.6 is 0 Å². The Balaban J connectivity index is 1.29. The van der Waals surface area contributed by atoms with E-state index >= 15 is 0 Å². The average Bonchev–Trinajstić information content (AvgIpc) is 3.96. The number of sulfonamides is 1. The number of ether oxygens (including phenoxy) is 2. The molecule has 276 valence electrons. The number of fused-ring (bicyclic) bond motifs is 3. The first-order valence-corrected chi connectivity index (χ1v) is 18.8. The molecule has 0 unspecified atom stereocenters. The van der Waals surface area contributed by atoms with Crippen LogP contribution in [0.2, 0.25) is 0 Å². The zero-order valence-corrected chi connectivity index (χ0v) is 29.9. The maximum absolute atomic E-state index is 14.4. The smallest absolute Gasteiger partial charge is 0.410 e. The Morgan fingerprint density at radius 3 is 2.57 bits per heavy atom. The molecule has 0 radical (unpaired) electrons. The molecule has 3 fully saturated rings. The van der Waals surface area contributed by atoms with E-state index in [-0.39, 0.29) is 39.1 Å². The van der Waals surface area contributed by atoms with E-state index in [0.717, 1.165) is 16.7 Å². The van der Waals surface area contributed by atoms with Crippen LogP contribution in [0.3, 0.4) is 0 Å². The van der Waals surface area contributed by atoms with Crippen molar-refractivity contribution in [3.8, 4) is 0 Å². The van der Waals surface area contributed by atoms with Crippen molar-refractivity contribution in [1.29, 1.82) is 0 Å². The van der Waals surface area contributed by atoms with Crippen molar-refractivity contribution in [2.24, 2.45) is 17.1 Å². The highest BCUT2D eigenvalue weighted by atomic mass is 32.2. The highest BCUT2D eigenvalue weighted by Gasteiger charge is 2.62. The molecule has 4 bridgehead atoms. The van der Waals surface area contributed by atoms with Gasteiger partial charge in [0.05, 0.1) is 31.6 Å². The van der Waals surface area contributed by atoms with Crippen molar-refractivity contribution in [3.05, 3.63) is 53.6 Å². The number of nitrogens with one attached hydrogen (secondary N) is 3. The Labute approximate surface area is 297 Å². The molecular weight excluding hydrogens is 680 g/mol. The quantitative estimate of drug-likeness (QED) is 0.302. The number of hydrogen-bond donors (Lipinski definition) is 4. The van der Waals surface area contributed by atoms with Crippen molar-refractivity contribution < 1.29 is 41.9 Å². The Bertz CT molecular complexity index is 1770. The van der Waals surface area contributed by atoms with Crippen molar-refractivity contribution in [3.63, 3.8) is 0 Å². The van der Waals surface area contributed by atoms with E-state index in [2.05, 4.69) is 21.9 Å². The summed E-state index contributed by atoms with van der Waals surface area (Å²) in [4.78, 5) is 71.6. The molecule has 1 aromatic rings. The van der Waals surface area contributed by atoms with Crippen molar-refractivity contribution in [1.82, 2.24) is 25.2 Å². The summed E-state index contributed by atoms with van der Waals surface area (Å²) >= 11 is 0. The van der Waals surface area contributed by atoms with Gasteiger partial charge in [0.25, 0.3) is 5.91 Å². The summed E-state index contributed by atoms with van der Waals surface area (Å²) in [5.41, 5.74) is 6.51. The average molecular weight is 727 g/mol. The predicted molar refractivity (Wildman–Crippen MR) is 185 cm³/mol. The molecule has 6 atom stereocenters. The van der Waals surface area contributed by atoms with Gasteiger partial charge in [-0.15, -0.1) is 6.58 Å². The van der Waals surface area contributed by atoms with E-state index in [0.29, 0.717) is 19.4 Å². The highest BCUT2D eigenvalue weighted by molar-refractivity contribution is 7.91. The van der Waals surface area contributed by atoms with E-state index < -0.39 is 86.1 Å². The van der Waals surface area contributed by atoms with E-state index in [9.17, 15) is 32.4 Å². The maximum Gasteiger partial charge on any atom is 0.410 e. The molecule has 1 saturated heterocycles. The van der Waals surface area contributed by atoms with Crippen LogP contribution in [-0.4, -0.2) is 103 Å². The van der Waals surface area contributed by atoms with E-state index in [1.807, 2.05) is 24.3 Å². The summed E-state index contributed by atoms with van der Waals surface area (Å²) in [6.07, 6.45) is 4.50. The van der Waals surface area contributed by atoms with Crippen LogP contribution in [-0.2, 0) is 51.8 Å². The van der Waals surface area contributed by atoms with Gasteiger partial charge in [0.15, 0.2) is 0 Å². The van der Waals surface area contributed by atoms with Gasteiger partial charge in [-0.3, -0.25) is 28.8 Å². The second-order valence-electron chi connectivity index (χ2n) is 15.1. The molecule has 51 heavy (non-hydrogen) atoms. The van der Waals surface area contributed by atoms with Gasteiger partial charge in [-0.2, -0.15) is 0 Å². The van der Waals surface area contributed by atoms with Crippen LogP contribution in [0.25, 0.3) is 6.08 Å². The number of nitrogens with two attached hydrogens (primary N) is 1. The summed E-state index contributed by atoms with van der Waals surface area (Å²) in [6, 6.07) is 2.25. The molecule has 3 aliphatic heterocycles. The molecule has 5 N–H and O–H groups in total. The van der Waals surface area contributed by atoms with Gasteiger partial charge in [-0.05, 0) is 41.4 Å². The maximum atomic E-state index is 14.4. The summed E-state index contributed by atoms with van der Waals surface area (Å²) < 4.78 is 39.0. The topological polar surface area (TPSA) is 207 Å². The molecule has 6 rings (SSSR count). The van der Waals surface area contributed by atoms with Crippen molar-refractivity contribution in [2.75, 3.05) is 19.8 Å². The lowest BCUT2D eigenvalue weighted by atomic mass is 9.85. The van der Waals surface area contributed by atoms with Gasteiger partial charge < -0.3 is 30.7 Å². The number of hydrogen-bond acceptors (Lipinski definition) is 10. The molecular formula is C35H46N6O9S. The van der Waals surface area contributed by atoms with Gasteiger partial charge in [0.1, 0.15) is 29.8 Å². The lowest BCUT2D eigenvalue weighted by Gasteiger charge is -2.36. The first-order chi connectivity index (χ1) is 24.0. The van der Waals surface area contributed by atoms with Crippen LogP contribution in [0.1, 0.15) is 63.1 Å². The molecule has 1 aromatic carbocycles. The monoisotopic (exact) mass is 726 g/mol. The van der Waals surface area contributed by atoms with E-state index in [4.69, 9.17) is 15.2 Å². The minimum atomic E-state index is -3.92. The first kappa shape index (κ1) is 36.5. The third-order valence-electron chi connectivity index (χ3n) is 10.2. The summed E-state index contributed by atoms with van der Waals surface area (Å²) in [5.74, 6) is -3.41. The molecule has 2 aliphatic carbocycles. The minimum absolute atomic E-state index is 0.104. The second kappa shape index (κ2) is 13.7. The SMILES string of the molecule is C=C[C@@H]1C[C@]1(NC(=O)[C@@H]1C[C@@H]2CN1C(=O)[C@H](C(C)(C)C)NC(=O)[C@H](N)COC/C=C\c1cccc3c1CN(C3)C(=O)O2)C(=O)NS(=O)(=O)C1CC1. The fourth-order valence-electron chi connectivity index (χ4n) is 6.92. The Morgan fingerprint density at radius 2 is 1.90 bits per heavy atom. The number of nitrogens with zero attached hydrogens (tertiary/aromatic N) is 2. The van der Waals surface area contributed by atoms with E-state index in [1.165, 1.54) is 11.0 Å². The van der Waals surface area contributed by atoms with Crippen LogP contribution in [0.15, 0.2) is 36.9 Å². The Hall–Kier alpha value is -4.28. The van der Waals surface area contributed by atoms with Crippen LogP contribution < -0.4 is 21.1 Å². The molecule has 5 amide bonds. The second-order valence-corrected chi connectivity index (χ2v) is 17.1. The third-order valence-corrected chi connectivity index (χ3v) is 12.0. The number of benzene rings is 1. The predicted octanol–water partition coefficient (Wildman–Crippen LogP) is 0.679. The minimum Gasteiger partial charge on any atom is -0.444 e. The first-order valence-electron chi connectivity index (χ1n) is 17.2. The summed E-state index contributed by atoms with van der Waals surface area (Å²) in [6.45, 7) is 9.46. The summed E-state index contributed by atoms with van der Waals surface area (Å²) in [7, 11) is -3.92. The largest absolute Gasteiger partial charge is 0.444 e. The van der Waals surface area contributed by atoms with Gasteiger partial charge in [0, 0.05) is 18.9 Å². The number of rotatable bonds is 6. The van der Waals surface area contributed by atoms with Crippen molar-refractivity contribution >= 4 is 45.8 Å². The molecule has 15 nitrogen and oxygen atoms in total. The van der Waals surface area contributed by atoms with Gasteiger partial charge in [-0.25, -0.2) is 13.2 Å². The standard InChI is InChI=1S/C35H46N6O9S/c1-5-22-15-35(22,32(45)39-51(47,48)24-11-12-24)38-30(43)27-14-23-17-41(27)31(44)28(34(2,3)4)37-29(42)26(36)19-49-13-7-10-20-8-6-9-21-16-40(18-25(20)21)33(46)50-23/h5-10,22-24,26-28H,1,11-19,36H2,2-4H3,(H,37,42)(H,38,43)(H,39,45)/b10-7-/t22-,23-,26-,27+,28-,35-/m1/s1. The molecule has 3 heterocycles. The third kappa shape index (κ3) is 7.53. The zero-order valence-electron chi connectivity index (χ0n) is 29.1. The normalized spacial score (nSPS) is 30.7. The lowest BCUT2D eigenvalue weighted by molar-refractivity contribution is -0.145. The molecule has 0 aromatic heterocycles. The zero-order chi connectivity index (χ0) is 36.9. The van der Waals surface area contributed by atoms with Crippen LogP contribution in [0.4, 0.5) is 4.79 Å². The van der Waals surface area contributed by atoms with Gasteiger partial charge in [0.2, 0.25) is 27.7 Å². The van der Waals surface area contributed by atoms with Crippen LogP contribution in [0, 0.1) is 11.3 Å². The van der Waals surface area contributed by atoms with E-state index in [1.54, 1.807) is 31.7 Å². The Morgan fingerprint density at radius 1 is 1.16 bits per heavy atom.